The number of carbonyl (C=O) groups excluding carboxylic acids is 2. The summed E-state index contributed by atoms with van der Waals surface area (Å²) in [6.07, 6.45) is 0.306. The molecule has 0 bridgehead atoms. The molecule has 0 aliphatic carbocycles. The van der Waals surface area contributed by atoms with Gasteiger partial charge in [-0.05, 0) is 32.1 Å². The summed E-state index contributed by atoms with van der Waals surface area (Å²) < 4.78 is 2.05. The van der Waals surface area contributed by atoms with E-state index in [4.69, 9.17) is 0 Å². The van der Waals surface area contributed by atoms with Gasteiger partial charge in [-0.2, -0.15) is 0 Å². The SMILES string of the molecule is CCN(CC)CCn1c(NC(=O)CCC(=O)c2ccc(C)cc2)nc2ccccc21. The van der Waals surface area contributed by atoms with Crippen LogP contribution in [-0.4, -0.2) is 45.8 Å². The maximum absolute atomic E-state index is 12.6. The fraction of sp³-hybridized carbons (Fsp3) is 0.375. The second-order valence-electron chi connectivity index (χ2n) is 7.44. The molecule has 1 amide bonds. The lowest BCUT2D eigenvalue weighted by atomic mass is 10.1. The lowest BCUT2D eigenvalue weighted by molar-refractivity contribution is -0.116. The fourth-order valence-electron chi connectivity index (χ4n) is 3.48. The molecule has 0 spiro atoms. The van der Waals surface area contributed by atoms with Crippen molar-refractivity contribution in [3.63, 3.8) is 0 Å². The molecule has 0 atom stereocenters. The molecular weight excluding hydrogens is 376 g/mol. The van der Waals surface area contributed by atoms with Crippen molar-refractivity contribution >= 4 is 28.7 Å². The van der Waals surface area contributed by atoms with Crippen LogP contribution in [0.25, 0.3) is 11.0 Å². The van der Waals surface area contributed by atoms with Crippen LogP contribution in [0.4, 0.5) is 5.95 Å². The number of Topliss-reactive ketones (excluding diaryl/α,β-unsaturated/α-hetero) is 1. The van der Waals surface area contributed by atoms with Gasteiger partial charge in [0.25, 0.3) is 0 Å². The van der Waals surface area contributed by atoms with Gasteiger partial charge < -0.3 is 9.47 Å². The molecule has 6 nitrogen and oxygen atoms in total. The summed E-state index contributed by atoms with van der Waals surface area (Å²) >= 11 is 0. The van der Waals surface area contributed by atoms with E-state index < -0.39 is 0 Å². The van der Waals surface area contributed by atoms with E-state index in [-0.39, 0.29) is 24.5 Å². The summed E-state index contributed by atoms with van der Waals surface area (Å²) in [4.78, 5) is 31.9. The molecule has 6 heteroatoms. The van der Waals surface area contributed by atoms with E-state index in [1.54, 1.807) is 0 Å². The number of carbonyl (C=O) groups is 2. The number of aryl methyl sites for hydroxylation is 1. The zero-order chi connectivity index (χ0) is 21.5. The first kappa shape index (κ1) is 21.7. The highest BCUT2D eigenvalue weighted by Crippen LogP contribution is 2.20. The van der Waals surface area contributed by atoms with E-state index in [2.05, 4.69) is 29.0 Å². The summed E-state index contributed by atoms with van der Waals surface area (Å²) in [5.74, 6) is 0.311. The minimum atomic E-state index is -0.199. The van der Waals surface area contributed by atoms with Crippen LogP contribution in [-0.2, 0) is 11.3 Å². The Morgan fingerprint density at radius 3 is 2.40 bits per heavy atom. The second kappa shape index (κ2) is 10.2. The first-order valence-corrected chi connectivity index (χ1v) is 10.6. The number of nitrogens with zero attached hydrogens (tertiary/aromatic N) is 3. The third-order valence-electron chi connectivity index (χ3n) is 5.39. The predicted octanol–water partition coefficient (Wildman–Crippen LogP) is 4.29. The number of imidazole rings is 1. The van der Waals surface area contributed by atoms with Gasteiger partial charge in [0.1, 0.15) is 0 Å². The number of rotatable bonds is 10. The molecule has 0 fully saturated rings. The van der Waals surface area contributed by atoms with Crippen LogP contribution in [0.15, 0.2) is 48.5 Å². The molecule has 0 aliphatic rings. The first-order valence-electron chi connectivity index (χ1n) is 10.6. The maximum atomic E-state index is 12.6. The molecular formula is C24H30N4O2. The van der Waals surface area contributed by atoms with E-state index >= 15 is 0 Å². The van der Waals surface area contributed by atoms with Crippen molar-refractivity contribution in [3.8, 4) is 0 Å². The third kappa shape index (κ3) is 5.33. The Bertz CT molecular complexity index is 1000. The Morgan fingerprint density at radius 1 is 1.00 bits per heavy atom. The normalized spacial score (nSPS) is 11.2. The molecule has 0 saturated heterocycles. The van der Waals surface area contributed by atoms with E-state index in [0.29, 0.717) is 11.5 Å². The van der Waals surface area contributed by atoms with Crippen molar-refractivity contribution in [2.45, 2.75) is 40.2 Å². The van der Waals surface area contributed by atoms with Gasteiger partial charge in [0.2, 0.25) is 11.9 Å². The molecule has 0 aliphatic heterocycles. The average molecular weight is 407 g/mol. The van der Waals surface area contributed by atoms with E-state index in [1.807, 2.05) is 60.0 Å². The van der Waals surface area contributed by atoms with E-state index in [1.165, 1.54) is 0 Å². The van der Waals surface area contributed by atoms with Gasteiger partial charge in [0.05, 0.1) is 11.0 Å². The van der Waals surface area contributed by atoms with Crippen molar-refractivity contribution in [3.05, 3.63) is 59.7 Å². The predicted molar refractivity (Wildman–Crippen MR) is 121 cm³/mol. The van der Waals surface area contributed by atoms with Crippen LogP contribution in [0.1, 0.15) is 42.6 Å². The largest absolute Gasteiger partial charge is 0.309 e. The highest BCUT2D eigenvalue weighted by molar-refractivity contribution is 6.00. The number of amides is 1. The van der Waals surface area contributed by atoms with Crippen molar-refractivity contribution in [1.82, 2.24) is 14.5 Å². The van der Waals surface area contributed by atoms with Gasteiger partial charge in [-0.3, -0.25) is 14.9 Å². The summed E-state index contributed by atoms with van der Waals surface area (Å²) in [5, 5.41) is 2.92. The maximum Gasteiger partial charge on any atom is 0.227 e. The Morgan fingerprint density at radius 2 is 1.70 bits per heavy atom. The van der Waals surface area contributed by atoms with Crippen LogP contribution in [0, 0.1) is 6.92 Å². The smallest absolute Gasteiger partial charge is 0.227 e. The minimum Gasteiger partial charge on any atom is -0.309 e. The van der Waals surface area contributed by atoms with Gasteiger partial charge in [0, 0.05) is 31.5 Å². The molecule has 1 heterocycles. The Labute approximate surface area is 177 Å². The third-order valence-corrected chi connectivity index (χ3v) is 5.39. The van der Waals surface area contributed by atoms with Crippen LogP contribution < -0.4 is 5.32 Å². The number of hydrogen-bond donors (Lipinski definition) is 1. The number of ketones is 1. The molecule has 3 rings (SSSR count). The Balaban J connectivity index is 1.68. The summed E-state index contributed by atoms with van der Waals surface area (Å²) in [6.45, 7) is 9.83. The Kier molecular flexibility index (Phi) is 7.36. The second-order valence-corrected chi connectivity index (χ2v) is 7.44. The number of nitrogens with one attached hydrogen (secondary N) is 1. The van der Waals surface area contributed by atoms with Gasteiger partial charge in [-0.15, -0.1) is 0 Å². The number of para-hydroxylation sites is 2. The standard InChI is InChI=1S/C24H30N4O2/c1-4-27(5-2)16-17-28-21-9-7-6-8-20(21)25-24(28)26-23(30)15-14-22(29)19-12-10-18(3)11-13-19/h6-13H,4-5,14-17H2,1-3H3,(H,25,26,30). The number of hydrogen-bond acceptors (Lipinski definition) is 4. The van der Waals surface area contributed by atoms with E-state index in [9.17, 15) is 9.59 Å². The molecule has 1 N–H and O–H groups in total. The number of anilines is 1. The molecule has 1 aromatic heterocycles. The summed E-state index contributed by atoms with van der Waals surface area (Å²) in [5.41, 5.74) is 3.59. The highest BCUT2D eigenvalue weighted by Gasteiger charge is 2.15. The van der Waals surface area contributed by atoms with Crippen LogP contribution in [0.2, 0.25) is 0 Å². The van der Waals surface area contributed by atoms with Crippen LogP contribution >= 0.6 is 0 Å². The van der Waals surface area contributed by atoms with Gasteiger partial charge in [-0.1, -0.05) is 55.8 Å². The molecule has 0 unspecified atom stereocenters. The molecule has 30 heavy (non-hydrogen) atoms. The van der Waals surface area contributed by atoms with Crippen LogP contribution in [0.3, 0.4) is 0 Å². The first-order chi connectivity index (χ1) is 14.5. The molecule has 2 aromatic carbocycles. The van der Waals surface area contributed by atoms with Crippen molar-refractivity contribution in [2.75, 3.05) is 25.0 Å². The van der Waals surface area contributed by atoms with E-state index in [0.717, 1.165) is 42.8 Å². The van der Waals surface area contributed by atoms with Crippen molar-refractivity contribution < 1.29 is 9.59 Å². The molecule has 0 radical (unpaired) electrons. The number of aromatic nitrogens is 2. The number of fused-ring (bicyclic) bond motifs is 1. The summed E-state index contributed by atoms with van der Waals surface area (Å²) in [7, 11) is 0. The molecule has 0 saturated carbocycles. The van der Waals surface area contributed by atoms with Gasteiger partial charge >= 0.3 is 0 Å². The van der Waals surface area contributed by atoms with Gasteiger partial charge in [-0.25, -0.2) is 4.98 Å². The number of likely N-dealkylation sites (N-methyl/N-ethyl adjacent to an activating group) is 1. The average Bonchev–Trinajstić information content (AvgIpc) is 3.10. The van der Waals surface area contributed by atoms with Gasteiger partial charge in [0.15, 0.2) is 5.78 Å². The topological polar surface area (TPSA) is 67.2 Å². The fourth-order valence-corrected chi connectivity index (χ4v) is 3.48. The van der Waals surface area contributed by atoms with Crippen molar-refractivity contribution in [1.29, 1.82) is 0 Å². The molecule has 3 aromatic rings. The van der Waals surface area contributed by atoms with Crippen molar-refractivity contribution in [2.24, 2.45) is 0 Å². The highest BCUT2D eigenvalue weighted by atomic mass is 16.2. The lowest BCUT2D eigenvalue weighted by Gasteiger charge is -2.19. The van der Waals surface area contributed by atoms with Crippen LogP contribution in [0.5, 0.6) is 0 Å². The zero-order valence-electron chi connectivity index (χ0n) is 18.0. The number of benzene rings is 2. The Hall–Kier alpha value is -2.99. The molecule has 158 valence electrons. The quantitative estimate of drug-likeness (QED) is 0.510. The minimum absolute atomic E-state index is 0.0276. The summed E-state index contributed by atoms with van der Waals surface area (Å²) in [6, 6.07) is 15.3. The zero-order valence-corrected chi connectivity index (χ0v) is 18.0. The lowest BCUT2D eigenvalue weighted by Crippen LogP contribution is -2.27. The monoisotopic (exact) mass is 406 g/mol.